The predicted molar refractivity (Wildman–Crippen MR) is 99.4 cm³/mol. The predicted octanol–water partition coefficient (Wildman–Crippen LogP) is 4.41. The number of hydrogen-bond donors (Lipinski definition) is 2. The highest BCUT2D eigenvalue weighted by Crippen LogP contribution is 2.48. The maximum absolute atomic E-state index is 12.2. The Balaban J connectivity index is 2.21. The van der Waals surface area contributed by atoms with Crippen LogP contribution in [-0.2, 0) is 9.59 Å². The first-order chi connectivity index (χ1) is 12.5. The van der Waals surface area contributed by atoms with Gasteiger partial charge in [0.05, 0.1) is 11.1 Å². The van der Waals surface area contributed by atoms with Crippen LogP contribution in [0.15, 0.2) is 22.5 Å². The third-order valence-corrected chi connectivity index (χ3v) is 6.50. The van der Waals surface area contributed by atoms with E-state index in [0.29, 0.717) is 24.1 Å². The van der Waals surface area contributed by atoms with Crippen LogP contribution in [0.25, 0.3) is 0 Å². The van der Waals surface area contributed by atoms with Crippen molar-refractivity contribution in [3.8, 4) is 0 Å². The average Bonchev–Trinajstić information content (AvgIpc) is 3.31. The molecule has 0 amide bonds. The van der Waals surface area contributed by atoms with Crippen LogP contribution in [-0.4, -0.2) is 33.6 Å². The second kappa shape index (κ2) is 7.85. The van der Waals surface area contributed by atoms with Crippen molar-refractivity contribution < 1.29 is 19.8 Å². The topological polar surface area (TPSA) is 77.8 Å². The summed E-state index contributed by atoms with van der Waals surface area (Å²) in [5.41, 5.74) is 2.55. The van der Waals surface area contributed by atoms with Crippen LogP contribution in [0.4, 0.5) is 0 Å². The van der Waals surface area contributed by atoms with Gasteiger partial charge in [0.15, 0.2) is 0 Å². The van der Waals surface area contributed by atoms with E-state index in [0.717, 1.165) is 62.8 Å². The molecule has 1 heterocycles. The fraction of sp³-hybridized carbons (Fsp3) is 0.714. The van der Waals surface area contributed by atoms with Crippen LogP contribution in [0.5, 0.6) is 0 Å². The fourth-order valence-electron chi connectivity index (χ4n) is 5.47. The number of aliphatic carboxylic acids is 2. The molecule has 2 fully saturated rings. The molecule has 26 heavy (non-hydrogen) atoms. The summed E-state index contributed by atoms with van der Waals surface area (Å²) in [6.45, 7) is 4.58. The van der Waals surface area contributed by atoms with Crippen LogP contribution in [0.2, 0.25) is 0 Å². The molecule has 5 nitrogen and oxygen atoms in total. The molecule has 0 aromatic carbocycles. The van der Waals surface area contributed by atoms with E-state index in [4.69, 9.17) is 0 Å². The van der Waals surface area contributed by atoms with Gasteiger partial charge < -0.3 is 15.1 Å². The van der Waals surface area contributed by atoms with E-state index in [-0.39, 0.29) is 11.8 Å². The maximum Gasteiger partial charge on any atom is 0.333 e. The minimum atomic E-state index is -0.943. The van der Waals surface area contributed by atoms with E-state index < -0.39 is 17.9 Å². The van der Waals surface area contributed by atoms with E-state index in [1.165, 1.54) is 0 Å². The lowest BCUT2D eigenvalue weighted by atomic mass is 9.77. The zero-order valence-corrected chi connectivity index (χ0v) is 16.0. The first-order valence-corrected chi connectivity index (χ1v) is 10.2. The molecule has 0 atom stereocenters. The van der Waals surface area contributed by atoms with Crippen molar-refractivity contribution in [2.24, 2.45) is 17.8 Å². The second-order valence-corrected chi connectivity index (χ2v) is 7.88. The SMILES string of the molecule is CCC1C(C(=O)O)=C(C2CCCC2)N(CC)C(C2CCCC2)=C1C(=O)O. The fourth-order valence-corrected chi connectivity index (χ4v) is 5.47. The molecular weight excluding hydrogens is 330 g/mol. The molecule has 3 aliphatic rings. The Hall–Kier alpha value is -1.78. The standard InChI is InChI=1S/C21H31NO4/c1-3-15-16(20(23)24)18(13-9-5-6-10-13)22(4-2)19(17(15)21(25)26)14-11-7-8-12-14/h13-15H,3-12H2,1-2H3,(H,23,24)(H,25,26). The molecule has 2 aliphatic carbocycles. The normalized spacial score (nSPS) is 23.4. The smallest absolute Gasteiger partial charge is 0.333 e. The molecule has 0 aromatic rings. The third kappa shape index (κ3) is 3.17. The molecule has 5 heteroatoms. The molecule has 2 saturated carbocycles. The lowest BCUT2D eigenvalue weighted by molar-refractivity contribution is -0.134. The molecule has 1 aliphatic heterocycles. The van der Waals surface area contributed by atoms with E-state index in [2.05, 4.69) is 4.90 Å². The number of carboxylic acids is 2. The summed E-state index contributed by atoms with van der Waals surface area (Å²) in [5, 5.41) is 20.1. The molecule has 3 rings (SSSR count). The minimum Gasteiger partial charge on any atom is -0.478 e. The quantitative estimate of drug-likeness (QED) is 0.733. The number of carbonyl (C=O) groups is 2. The number of rotatable bonds is 6. The summed E-state index contributed by atoms with van der Waals surface area (Å²) >= 11 is 0. The van der Waals surface area contributed by atoms with Crippen molar-refractivity contribution in [3.63, 3.8) is 0 Å². The highest BCUT2D eigenvalue weighted by molar-refractivity contribution is 5.96. The third-order valence-electron chi connectivity index (χ3n) is 6.50. The highest BCUT2D eigenvalue weighted by Gasteiger charge is 2.44. The van der Waals surface area contributed by atoms with Crippen molar-refractivity contribution in [3.05, 3.63) is 22.5 Å². The Morgan fingerprint density at radius 2 is 1.23 bits per heavy atom. The Kier molecular flexibility index (Phi) is 5.73. The zero-order chi connectivity index (χ0) is 18.8. The summed E-state index contributed by atoms with van der Waals surface area (Å²) < 4.78 is 0. The molecule has 0 aromatic heterocycles. The summed E-state index contributed by atoms with van der Waals surface area (Å²) in [5.74, 6) is -1.88. The highest BCUT2D eigenvalue weighted by atomic mass is 16.4. The Labute approximate surface area is 155 Å². The first-order valence-electron chi connectivity index (χ1n) is 10.2. The van der Waals surface area contributed by atoms with Gasteiger partial charge in [-0.05, 0) is 50.9 Å². The Morgan fingerprint density at radius 3 is 1.50 bits per heavy atom. The van der Waals surface area contributed by atoms with E-state index >= 15 is 0 Å². The number of hydrogen-bond acceptors (Lipinski definition) is 3. The van der Waals surface area contributed by atoms with Gasteiger partial charge in [0.25, 0.3) is 0 Å². The van der Waals surface area contributed by atoms with Crippen molar-refractivity contribution in [1.29, 1.82) is 0 Å². The molecule has 2 N–H and O–H groups in total. The molecular formula is C21H31NO4. The molecule has 144 valence electrons. The number of allylic oxidation sites excluding steroid dienone is 2. The minimum absolute atomic E-state index is 0.252. The van der Waals surface area contributed by atoms with Crippen LogP contribution in [0.3, 0.4) is 0 Å². The van der Waals surface area contributed by atoms with Gasteiger partial charge in [0.1, 0.15) is 0 Å². The summed E-state index contributed by atoms with van der Waals surface area (Å²) in [6.07, 6.45) is 9.09. The van der Waals surface area contributed by atoms with Gasteiger partial charge in [-0.3, -0.25) is 0 Å². The molecule has 0 unspecified atom stereocenters. The summed E-state index contributed by atoms with van der Waals surface area (Å²) in [7, 11) is 0. The molecule has 0 radical (unpaired) electrons. The van der Waals surface area contributed by atoms with Gasteiger partial charge in [-0.15, -0.1) is 0 Å². The molecule has 0 saturated heterocycles. The molecule has 0 spiro atoms. The first kappa shape index (κ1) is 19.0. The van der Waals surface area contributed by atoms with Gasteiger partial charge >= 0.3 is 11.9 Å². The van der Waals surface area contributed by atoms with E-state index in [1.807, 2.05) is 13.8 Å². The second-order valence-electron chi connectivity index (χ2n) is 7.88. The van der Waals surface area contributed by atoms with Gasteiger partial charge in [-0.25, -0.2) is 9.59 Å². The van der Waals surface area contributed by atoms with Crippen LogP contribution in [0.1, 0.15) is 71.6 Å². The van der Waals surface area contributed by atoms with Crippen molar-refractivity contribution in [2.75, 3.05) is 6.54 Å². The number of nitrogens with zero attached hydrogens (tertiary/aromatic N) is 1. The number of carboxylic acid groups (broad SMARTS) is 2. The van der Waals surface area contributed by atoms with Gasteiger partial charge in [-0.1, -0.05) is 32.6 Å². The van der Waals surface area contributed by atoms with Crippen LogP contribution < -0.4 is 0 Å². The average molecular weight is 361 g/mol. The lowest BCUT2D eigenvalue weighted by Gasteiger charge is -2.43. The van der Waals surface area contributed by atoms with Crippen molar-refractivity contribution >= 4 is 11.9 Å². The van der Waals surface area contributed by atoms with Crippen LogP contribution in [0, 0.1) is 17.8 Å². The van der Waals surface area contributed by atoms with Gasteiger partial charge in [0.2, 0.25) is 0 Å². The molecule has 0 bridgehead atoms. The van der Waals surface area contributed by atoms with Gasteiger partial charge in [0, 0.05) is 23.9 Å². The van der Waals surface area contributed by atoms with Crippen LogP contribution >= 0.6 is 0 Å². The van der Waals surface area contributed by atoms with Crippen molar-refractivity contribution in [2.45, 2.75) is 71.6 Å². The van der Waals surface area contributed by atoms with Crippen molar-refractivity contribution in [1.82, 2.24) is 4.90 Å². The van der Waals surface area contributed by atoms with E-state index in [1.54, 1.807) is 0 Å². The van der Waals surface area contributed by atoms with E-state index in [9.17, 15) is 19.8 Å². The maximum atomic E-state index is 12.2. The Bertz CT molecular complexity index is 584. The lowest BCUT2D eigenvalue weighted by Crippen LogP contribution is -2.40. The summed E-state index contributed by atoms with van der Waals surface area (Å²) in [4.78, 5) is 26.6. The largest absolute Gasteiger partial charge is 0.478 e. The zero-order valence-electron chi connectivity index (χ0n) is 16.0. The summed E-state index contributed by atoms with van der Waals surface area (Å²) in [6, 6.07) is 0. The Morgan fingerprint density at radius 1 is 0.846 bits per heavy atom. The van der Waals surface area contributed by atoms with Gasteiger partial charge in [-0.2, -0.15) is 0 Å². The monoisotopic (exact) mass is 361 g/mol.